The minimum Gasteiger partial charge on any atom is -0.390 e. The number of carbonyl (C=O) groups excluding carboxylic acids is 1. The van der Waals surface area contributed by atoms with E-state index in [1.807, 2.05) is 19.9 Å². The van der Waals surface area contributed by atoms with Gasteiger partial charge in [0.15, 0.2) is 0 Å². The van der Waals surface area contributed by atoms with Crippen LogP contribution < -0.4 is 10.6 Å². The highest BCUT2D eigenvalue weighted by Gasteiger charge is 2.09. The van der Waals surface area contributed by atoms with Crippen LogP contribution in [0.2, 0.25) is 5.02 Å². The van der Waals surface area contributed by atoms with Crippen LogP contribution in [-0.4, -0.2) is 25.2 Å². The molecule has 0 aliphatic heterocycles. The molecular formula is C16H20ClN3O2. The summed E-state index contributed by atoms with van der Waals surface area (Å²) < 4.78 is 5.40. The summed E-state index contributed by atoms with van der Waals surface area (Å²) in [5, 5.41) is 15.1. The molecule has 2 N–H and O–H groups in total. The van der Waals surface area contributed by atoms with Crippen molar-refractivity contribution in [2.24, 2.45) is 0 Å². The molecule has 0 aromatic heterocycles. The van der Waals surface area contributed by atoms with Crippen molar-refractivity contribution in [2.75, 3.05) is 18.5 Å². The molecule has 0 unspecified atom stereocenters. The fourth-order valence-corrected chi connectivity index (χ4v) is 1.77. The fraction of sp³-hybridized carbons (Fsp3) is 0.375. The molecule has 1 rings (SSSR count). The van der Waals surface area contributed by atoms with E-state index in [9.17, 15) is 4.79 Å². The van der Waals surface area contributed by atoms with Gasteiger partial charge in [0.1, 0.15) is 11.6 Å². The number of halogens is 1. The van der Waals surface area contributed by atoms with Gasteiger partial charge in [0.25, 0.3) is 5.91 Å². The van der Waals surface area contributed by atoms with Crippen LogP contribution in [0.3, 0.4) is 0 Å². The molecule has 0 heterocycles. The highest BCUT2D eigenvalue weighted by Crippen LogP contribution is 2.15. The number of hydrogen-bond donors (Lipinski definition) is 2. The van der Waals surface area contributed by atoms with Gasteiger partial charge in [-0.25, -0.2) is 0 Å². The predicted octanol–water partition coefficient (Wildman–Crippen LogP) is 3.09. The summed E-state index contributed by atoms with van der Waals surface area (Å²) in [6.45, 7) is 5.21. The van der Waals surface area contributed by atoms with Crippen LogP contribution in [0, 0.1) is 11.3 Å². The molecule has 5 nitrogen and oxygen atoms in total. The maximum absolute atomic E-state index is 12.0. The van der Waals surface area contributed by atoms with Crippen molar-refractivity contribution >= 4 is 23.2 Å². The Bertz CT molecular complexity index is 565. The van der Waals surface area contributed by atoms with Gasteiger partial charge in [0.2, 0.25) is 0 Å². The van der Waals surface area contributed by atoms with E-state index >= 15 is 0 Å². The van der Waals surface area contributed by atoms with Crippen LogP contribution in [0.25, 0.3) is 0 Å². The van der Waals surface area contributed by atoms with Crippen molar-refractivity contribution in [3.05, 3.63) is 41.1 Å². The Hall–Kier alpha value is -2.03. The number of benzene rings is 1. The van der Waals surface area contributed by atoms with Gasteiger partial charge in [-0.1, -0.05) is 17.7 Å². The summed E-state index contributed by atoms with van der Waals surface area (Å²) >= 11 is 5.84. The summed E-state index contributed by atoms with van der Waals surface area (Å²) in [4.78, 5) is 12.0. The molecule has 0 aliphatic rings. The first kappa shape index (κ1) is 18.0. The second-order valence-corrected chi connectivity index (χ2v) is 5.30. The third-order valence-corrected chi connectivity index (χ3v) is 2.85. The lowest BCUT2D eigenvalue weighted by Crippen LogP contribution is -2.18. The number of rotatable bonds is 8. The highest BCUT2D eigenvalue weighted by molar-refractivity contribution is 6.31. The molecule has 1 aromatic carbocycles. The van der Waals surface area contributed by atoms with Gasteiger partial charge in [-0.05, 0) is 38.5 Å². The summed E-state index contributed by atoms with van der Waals surface area (Å²) in [5.74, 6) is -0.476. The normalized spacial score (nSPS) is 11.1. The number of amides is 1. The van der Waals surface area contributed by atoms with Crippen molar-refractivity contribution in [2.45, 2.75) is 26.4 Å². The first-order valence-electron chi connectivity index (χ1n) is 7.05. The first-order valence-corrected chi connectivity index (χ1v) is 7.43. The minimum absolute atomic E-state index is 0.00440. The fourth-order valence-electron chi connectivity index (χ4n) is 1.58. The van der Waals surface area contributed by atoms with E-state index in [1.54, 1.807) is 24.3 Å². The van der Waals surface area contributed by atoms with Gasteiger partial charge in [-0.3, -0.25) is 4.79 Å². The zero-order chi connectivity index (χ0) is 16.4. The topological polar surface area (TPSA) is 74.1 Å². The third-order valence-electron chi connectivity index (χ3n) is 2.61. The van der Waals surface area contributed by atoms with Gasteiger partial charge in [-0.15, -0.1) is 0 Å². The molecule has 118 valence electrons. The lowest BCUT2D eigenvalue weighted by atomic mass is 10.2. The maximum atomic E-state index is 12.0. The maximum Gasteiger partial charge on any atom is 0.267 e. The standard InChI is InChI=1S/C16H20ClN3O2/c1-12(2)22-8-4-7-19-11-13(10-18)16(21)20-15-6-3-5-14(17)9-15/h3,5-6,9,11-12,19H,4,7-8H2,1-2H3,(H,20,21)/b13-11-. The van der Waals surface area contributed by atoms with E-state index in [0.717, 1.165) is 6.42 Å². The van der Waals surface area contributed by atoms with E-state index in [-0.39, 0.29) is 11.7 Å². The number of carbonyl (C=O) groups is 1. The minimum atomic E-state index is -0.476. The second kappa shape index (κ2) is 9.82. The van der Waals surface area contributed by atoms with Crippen LogP contribution in [0.1, 0.15) is 20.3 Å². The van der Waals surface area contributed by atoms with Crippen LogP contribution >= 0.6 is 11.6 Å². The largest absolute Gasteiger partial charge is 0.390 e. The average molecular weight is 322 g/mol. The predicted molar refractivity (Wildman–Crippen MR) is 87.5 cm³/mol. The molecule has 0 bridgehead atoms. The van der Waals surface area contributed by atoms with E-state index in [2.05, 4.69) is 10.6 Å². The average Bonchev–Trinajstić information content (AvgIpc) is 2.46. The van der Waals surface area contributed by atoms with Gasteiger partial charge in [0.05, 0.1) is 6.10 Å². The molecule has 0 spiro atoms. The molecule has 6 heteroatoms. The van der Waals surface area contributed by atoms with Crippen LogP contribution in [0.4, 0.5) is 5.69 Å². The van der Waals surface area contributed by atoms with E-state index in [1.165, 1.54) is 6.20 Å². The molecule has 1 aromatic rings. The third kappa shape index (κ3) is 7.11. The number of nitriles is 1. The molecule has 0 aliphatic carbocycles. The molecule has 0 fully saturated rings. The molecule has 0 saturated carbocycles. The zero-order valence-corrected chi connectivity index (χ0v) is 13.5. The first-order chi connectivity index (χ1) is 10.5. The Morgan fingerprint density at radius 3 is 2.91 bits per heavy atom. The summed E-state index contributed by atoms with van der Waals surface area (Å²) in [6.07, 6.45) is 2.41. The van der Waals surface area contributed by atoms with Crippen molar-refractivity contribution in [1.29, 1.82) is 5.26 Å². The molecule has 22 heavy (non-hydrogen) atoms. The molecule has 0 atom stereocenters. The number of nitrogens with one attached hydrogen (secondary N) is 2. The van der Waals surface area contributed by atoms with Crippen molar-refractivity contribution in [1.82, 2.24) is 5.32 Å². The lowest BCUT2D eigenvalue weighted by Gasteiger charge is -2.07. The Morgan fingerprint density at radius 2 is 2.27 bits per heavy atom. The van der Waals surface area contributed by atoms with E-state index < -0.39 is 5.91 Å². The van der Waals surface area contributed by atoms with Crippen LogP contribution in [-0.2, 0) is 9.53 Å². The SMILES string of the molecule is CC(C)OCCCN/C=C(/C#N)C(=O)Nc1cccc(Cl)c1. The Balaban J connectivity index is 2.44. The van der Waals surface area contributed by atoms with Gasteiger partial charge in [0, 0.05) is 30.1 Å². The molecular weight excluding hydrogens is 302 g/mol. The van der Waals surface area contributed by atoms with Crippen molar-refractivity contribution in [3.8, 4) is 6.07 Å². The number of hydrogen-bond acceptors (Lipinski definition) is 4. The van der Waals surface area contributed by atoms with Crippen LogP contribution in [0.15, 0.2) is 36.0 Å². The summed E-state index contributed by atoms with van der Waals surface area (Å²) in [6, 6.07) is 8.62. The zero-order valence-electron chi connectivity index (χ0n) is 12.7. The van der Waals surface area contributed by atoms with E-state index in [4.69, 9.17) is 21.6 Å². The van der Waals surface area contributed by atoms with Crippen LogP contribution in [0.5, 0.6) is 0 Å². The number of anilines is 1. The quantitative estimate of drug-likeness (QED) is 0.438. The lowest BCUT2D eigenvalue weighted by molar-refractivity contribution is -0.112. The second-order valence-electron chi connectivity index (χ2n) is 4.86. The Morgan fingerprint density at radius 1 is 1.50 bits per heavy atom. The van der Waals surface area contributed by atoms with Gasteiger partial charge in [-0.2, -0.15) is 5.26 Å². The van der Waals surface area contributed by atoms with Crippen molar-refractivity contribution in [3.63, 3.8) is 0 Å². The Labute approximate surface area is 135 Å². The molecule has 0 saturated heterocycles. The highest BCUT2D eigenvalue weighted by atomic mass is 35.5. The van der Waals surface area contributed by atoms with Gasteiger partial charge < -0.3 is 15.4 Å². The van der Waals surface area contributed by atoms with Gasteiger partial charge >= 0.3 is 0 Å². The van der Waals surface area contributed by atoms with E-state index in [0.29, 0.717) is 23.9 Å². The monoisotopic (exact) mass is 321 g/mol. The summed E-state index contributed by atoms with van der Waals surface area (Å²) in [5.41, 5.74) is 0.550. The van der Waals surface area contributed by atoms with Crippen molar-refractivity contribution < 1.29 is 9.53 Å². The summed E-state index contributed by atoms with van der Waals surface area (Å²) in [7, 11) is 0. The number of ether oxygens (including phenoxy) is 1. The molecule has 0 radical (unpaired) electrons. The Kier molecular flexibility index (Phi) is 8.05. The smallest absolute Gasteiger partial charge is 0.267 e. The number of nitrogens with zero attached hydrogens (tertiary/aromatic N) is 1. The molecule has 1 amide bonds.